The van der Waals surface area contributed by atoms with Gasteiger partial charge in [-0.1, -0.05) is 93.5 Å². The molecule has 2 atom stereocenters. The van der Waals surface area contributed by atoms with Gasteiger partial charge in [0.1, 0.15) is 0 Å². The van der Waals surface area contributed by atoms with E-state index in [0.717, 1.165) is 30.0 Å². The van der Waals surface area contributed by atoms with Crippen LogP contribution >= 0.6 is 36.2 Å². The van der Waals surface area contributed by atoms with Crippen molar-refractivity contribution in [3.05, 3.63) is 59.7 Å². The van der Waals surface area contributed by atoms with Gasteiger partial charge in [-0.25, -0.2) is 0 Å². The Morgan fingerprint density at radius 3 is 0.949 bits per heavy atom. The summed E-state index contributed by atoms with van der Waals surface area (Å²) in [6, 6.07) is 17.9. The van der Waals surface area contributed by atoms with E-state index in [4.69, 9.17) is 19.1 Å². The minimum absolute atomic E-state index is 0.106. The maximum absolute atomic E-state index is 4.81. The van der Waals surface area contributed by atoms with Gasteiger partial charge in [-0.2, -0.15) is 0 Å². The number of benzene rings is 2. The van der Waals surface area contributed by atoms with Gasteiger partial charge in [0.25, 0.3) is 0 Å². The topological polar surface area (TPSA) is 6.48 Å². The Morgan fingerprint density at radius 2 is 0.769 bits per heavy atom. The summed E-state index contributed by atoms with van der Waals surface area (Å²) in [4.78, 5) is 4.29. The van der Waals surface area contributed by atoms with Crippen LogP contribution in [0.15, 0.2) is 48.5 Å². The Balaban J connectivity index is 0.000000673. The van der Waals surface area contributed by atoms with Crippen LogP contribution < -0.4 is 9.80 Å². The van der Waals surface area contributed by atoms with Crippen molar-refractivity contribution in [2.45, 2.75) is 103 Å². The van der Waals surface area contributed by atoms with E-state index in [-0.39, 0.29) is 15.9 Å². The van der Waals surface area contributed by atoms with Crippen LogP contribution in [0.25, 0.3) is 0 Å². The summed E-state index contributed by atoms with van der Waals surface area (Å²) in [5.74, 6) is 0. The first-order valence-corrected chi connectivity index (χ1v) is 19.5. The quantitative estimate of drug-likeness (QED) is 0.199. The second kappa shape index (κ2) is 17.3. The molecule has 0 N–H and O–H groups in total. The van der Waals surface area contributed by atoms with Gasteiger partial charge >= 0.3 is 35.0 Å². The fraction of sp³-hybridized carbons (Fsp3) is 0.625. The third kappa shape index (κ3) is 19.8. The number of rotatable bonds is 8. The van der Waals surface area contributed by atoms with E-state index in [2.05, 4.69) is 156 Å². The van der Waals surface area contributed by atoms with Crippen molar-refractivity contribution in [1.82, 2.24) is 0 Å². The summed E-state index contributed by atoms with van der Waals surface area (Å²) in [6.45, 7) is 23.6. The first-order valence-electron chi connectivity index (χ1n) is 13.5. The predicted molar refractivity (Wildman–Crippen MR) is 185 cm³/mol. The molecule has 0 bridgehead atoms. The molecule has 0 aromatic heterocycles. The zero-order chi connectivity index (χ0) is 30.7. The number of hydrogen-bond donors (Lipinski definition) is 0. The molecule has 0 radical (unpaired) electrons. The Kier molecular flexibility index (Phi) is 17.4. The van der Waals surface area contributed by atoms with Crippen molar-refractivity contribution in [2.75, 3.05) is 38.0 Å². The fourth-order valence-electron chi connectivity index (χ4n) is 4.96. The number of nitrogens with zero attached hydrogens (tertiary/aromatic N) is 2. The van der Waals surface area contributed by atoms with Crippen molar-refractivity contribution in [2.24, 2.45) is 0 Å². The molecule has 0 heterocycles. The molecule has 0 saturated heterocycles. The molecule has 2 aromatic rings. The zero-order valence-electron chi connectivity index (χ0n) is 27.0. The minimum atomic E-state index is -0.106. The second-order valence-electron chi connectivity index (χ2n) is 14.0. The summed E-state index contributed by atoms with van der Waals surface area (Å²) < 4.78 is 0. The molecular weight excluding hydrogens is 652 g/mol. The van der Waals surface area contributed by atoms with Crippen molar-refractivity contribution in [3.63, 3.8) is 0 Å². The van der Waals surface area contributed by atoms with Gasteiger partial charge in [0.15, 0.2) is 0 Å². The fourth-order valence-corrected chi connectivity index (χ4v) is 9.61. The number of hydrogen-bond acceptors (Lipinski definition) is 2. The predicted octanol–water partition coefficient (Wildman–Crippen LogP) is 10.5. The summed E-state index contributed by atoms with van der Waals surface area (Å²) in [7, 11) is 19.9. The average molecular weight is 708 g/mol. The third-order valence-electron chi connectivity index (χ3n) is 5.62. The van der Waals surface area contributed by atoms with E-state index in [0.29, 0.717) is 20.6 Å². The summed E-state index contributed by atoms with van der Waals surface area (Å²) in [5.41, 5.74) is 5.44. The van der Waals surface area contributed by atoms with Crippen LogP contribution in [0.3, 0.4) is 0 Å². The van der Waals surface area contributed by atoms with Crippen molar-refractivity contribution >= 4 is 47.6 Å². The molecule has 0 amide bonds. The monoisotopic (exact) mass is 706 g/mol. The van der Waals surface area contributed by atoms with Gasteiger partial charge in [0, 0.05) is 39.6 Å². The summed E-state index contributed by atoms with van der Waals surface area (Å²) in [6.07, 6.45) is 2.33. The molecule has 0 saturated carbocycles. The van der Waals surface area contributed by atoms with Gasteiger partial charge in [-0.15, -0.1) is 17.2 Å². The molecule has 2 rings (SSSR count). The van der Waals surface area contributed by atoms with E-state index in [1.54, 1.807) is 0 Å². The summed E-state index contributed by atoms with van der Waals surface area (Å²) in [5, 5.41) is 1.62. The Labute approximate surface area is 262 Å². The Bertz CT molecular complexity index is 853. The van der Waals surface area contributed by atoms with Gasteiger partial charge < -0.3 is 9.80 Å². The molecule has 2 aromatic carbocycles. The van der Waals surface area contributed by atoms with E-state index in [1.165, 1.54) is 22.5 Å². The van der Waals surface area contributed by atoms with E-state index in [9.17, 15) is 0 Å². The van der Waals surface area contributed by atoms with E-state index >= 15 is 0 Å². The molecule has 2 unspecified atom stereocenters. The van der Waals surface area contributed by atoms with Crippen LogP contribution in [-0.2, 0) is 28.8 Å². The Morgan fingerprint density at radius 1 is 0.538 bits per heavy atom. The maximum atomic E-state index is 4.81. The van der Waals surface area contributed by atoms with Crippen LogP contribution in [0, 0.1) is 0 Å². The van der Waals surface area contributed by atoms with Crippen molar-refractivity contribution < 1.29 is 15.9 Å². The zero-order valence-corrected chi connectivity index (χ0v) is 32.1. The average Bonchev–Trinajstić information content (AvgIpc) is 2.71. The molecule has 0 spiro atoms. The summed E-state index contributed by atoms with van der Waals surface area (Å²) >= 11 is -0.106. The standard InChI is InChI=1S/2C16H28NP.2ClH.Pd/c2*1-15(2,3)18-16(4,5)12-13-8-10-14(11-9-13)17(6)7;;;/h2*8-11,18H,12H2,1-7H3;2*1H;/q;;;;+2/p-2. The molecule has 0 aliphatic heterocycles. The molecule has 0 fully saturated rings. The van der Waals surface area contributed by atoms with E-state index in [1.807, 2.05) is 0 Å². The number of anilines is 2. The molecule has 7 heteroatoms. The van der Waals surface area contributed by atoms with Crippen LogP contribution in [-0.4, -0.2) is 48.8 Å². The first kappa shape index (κ1) is 39.1. The van der Waals surface area contributed by atoms with Crippen LogP contribution in [0.5, 0.6) is 0 Å². The van der Waals surface area contributed by atoms with Gasteiger partial charge in [-0.05, 0) is 68.9 Å². The van der Waals surface area contributed by atoms with Crippen molar-refractivity contribution in [3.8, 4) is 0 Å². The van der Waals surface area contributed by atoms with Gasteiger partial charge in [-0.3, -0.25) is 0 Å². The van der Waals surface area contributed by atoms with Crippen LogP contribution in [0.2, 0.25) is 0 Å². The molecule has 39 heavy (non-hydrogen) atoms. The second-order valence-corrected chi connectivity index (χ2v) is 22.6. The number of halogens is 2. The van der Waals surface area contributed by atoms with Gasteiger partial charge in [0.05, 0.1) is 0 Å². The molecule has 0 aliphatic rings. The Hall–Kier alpha value is 0.142. The SMILES string of the molecule is CN(C)c1ccc(CC(C)(C)PC(C)(C)C)cc1.CN(C)c1ccc(CC(C)(C)PC(C)(C)C)cc1.[Cl][Pd][Cl]. The third-order valence-corrected chi connectivity index (χ3v) is 8.83. The van der Waals surface area contributed by atoms with Gasteiger partial charge in [0.2, 0.25) is 0 Å². The molecule has 2 nitrogen and oxygen atoms in total. The van der Waals surface area contributed by atoms with E-state index < -0.39 is 0 Å². The normalized spacial score (nSPS) is 12.8. The molecular formula is C32H56Cl2N2P2Pd. The van der Waals surface area contributed by atoms with Crippen molar-refractivity contribution in [1.29, 1.82) is 0 Å². The molecule has 228 valence electrons. The van der Waals surface area contributed by atoms with Crippen LogP contribution in [0.4, 0.5) is 11.4 Å². The first-order chi connectivity index (χ1) is 17.6. The van der Waals surface area contributed by atoms with Crippen LogP contribution in [0.1, 0.15) is 80.4 Å². The molecule has 0 aliphatic carbocycles.